The summed E-state index contributed by atoms with van der Waals surface area (Å²) in [5, 5.41) is 13.4. The summed E-state index contributed by atoms with van der Waals surface area (Å²) in [5.41, 5.74) is 20.8. The number of nitrogens with one attached hydrogen (secondary N) is 4. The molecule has 6 aromatic carbocycles. The molecule has 2 saturated carbocycles. The number of rotatable bonds is 10. The third-order valence-corrected chi connectivity index (χ3v) is 16.8. The highest BCUT2D eigenvalue weighted by Crippen LogP contribution is 2.49. The standard InChI is InChI=1S/C38H37N5O3.C35H34N6O2/c1-24(44)22-25-10-7-11-27(23-25)32-33(26-15-17-28(18-16-26)38(19-9-20-38)42-36(45)46-37(2,3)4)43-31-14-8-21-39-34(31)40-30-13-6-5-12-29(30)35(43)41-32;1-34(2,3)43-33(42)40-35(18-8-19-35)24-16-14-22(15-17-24)30-29(23-9-6-10-25(36)21-23)39-32-26-11-4-5-12-27(26)38-31-28(41(30)32)13-7-20-37-31/h5-8,10-18,21,23H,9,19-20,22H2,1-4H3,(H,39,40)(H,42,45);4-7,9-17,20-21H,8,18-19,36H2,1-3H3,(H,37,38)(H,40,42). The van der Waals surface area contributed by atoms with Gasteiger partial charge in [0.15, 0.2) is 11.6 Å². The Morgan fingerprint density at radius 1 is 0.528 bits per heavy atom. The van der Waals surface area contributed by atoms with E-state index in [2.05, 4.69) is 103 Å². The van der Waals surface area contributed by atoms with Crippen LogP contribution in [-0.4, -0.2) is 58.2 Å². The minimum absolute atomic E-state index is 0.110. The number of benzene rings is 6. The first-order valence-corrected chi connectivity index (χ1v) is 30.4. The lowest BCUT2D eigenvalue weighted by molar-refractivity contribution is -0.116. The van der Waals surface area contributed by atoms with Crippen LogP contribution < -0.4 is 27.0 Å². The first kappa shape index (κ1) is 57.7. The van der Waals surface area contributed by atoms with Crippen LogP contribution in [0.15, 0.2) is 182 Å². The molecule has 0 saturated heterocycles. The molecule has 4 aliphatic rings. The zero-order valence-corrected chi connectivity index (χ0v) is 51.1. The predicted molar refractivity (Wildman–Crippen MR) is 350 cm³/mol. The van der Waals surface area contributed by atoms with E-state index in [9.17, 15) is 14.4 Å². The molecule has 0 spiro atoms. The Morgan fingerprint density at radius 2 is 0.966 bits per heavy atom. The molecule has 16 heteroatoms. The number of aromatic nitrogens is 6. The van der Waals surface area contributed by atoms with Crippen LogP contribution in [0.1, 0.15) is 104 Å². The Balaban J connectivity index is 0.000000164. The summed E-state index contributed by atoms with van der Waals surface area (Å²) in [7, 11) is 0. The molecule has 0 atom stereocenters. The van der Waals surface area contributed by atoms with Gasteiger partial charge >= 0.3 is 12.2 Å². The van der Waals surface area contributed by atoms with Crippen molar-refractivity contribution in [1.82, 2.24) is 39.7 Å². The van der Waals surface area contributed by atoms with Crippen molar-refractivity contribution < 1.29 is 23.9 Å². The van der Waals surface area contributed by atoms with E-state index in [-0.39, 0.29) is 5.78 Å². The van der Waals surface area contributed by atoms with E-state index in [1.165, 1.54) is 0 Å². The fraction of sp³-hybridized carbons (Fsp3) is 0.247. The van der Waals surface area contributed by atoms with Crippen molar-refractivity contribution in [1.29, 1.82) is 0 Å². The number of hydrogen-bond acceptors (Lipinski definition) is 12. The van der Waals surface area contributed by atoms with E-state index in [0.717, 1.165) is 157 Å². The molecule has 4 aromatic heterocycles. The Labute approximate surface area is 518 Å². The summed E-state index contributed by atoms with van der Waals surface area (Å²) in [6, 6.07) is 57.1. The maximum absolute atomic E-state index is 12.8. The zero-order valence-electron chi connectivity index (χ0n) is 51.1. The fourth-order valence-electron chi connectivity index (χ4n) is 12.5. The van der Waals surface area contributed by atoms with Gasteiger partial charge in [0, 0.05) is 57.9 Å². The molecule has 0 bridgehead atoms. The van der Waals surface area contributed by atoms with Crippen LogP contribution in [-0.2, 0) is 31.8 Å². The number of hydrogen-bond donors (Lipinski definition) is 5. The average Bonchev–Trinajstić information content (AvgIpc) is 1.60. The maximum Gasteiger partial charge on any atom is 0.408 e. The number of nitrogen functional groups attached to an aromatic ring is 1. The molecule has 0 radical (unpaired) electrons. The SMILES string of the molecule is CC(=O)Cc1cccc(-c2nc3n(c2-c2ccc(C4(NC(=O)OC(C)(C)C)CCC4)cc2)-c2cccnc2Nc2ccccc2-3)c1.CC(C)(C)OC(=O)NC1(c2ccc(-c3c(-c4cccc(N)c4)nc4n3-c3cccnc3Nc3ccccc3-4)cc2)CCC1. The zero-order chi connectivity index (χ0) is 61.8. The van der Waals surface area contributed by atoms with Crippen molar-refractivity contribution in [2.45, 2.75) is 116 Å². The van der Waals surface area contributed by atoms with Crippen LogP contribution in [0.4, 0.5) is 38.3 Å². The topological polar surface area (TPSA) is 205 Å². The minimum Gasteiger partial charge on any atom is -0.444 e. The van der Waals surface area contributed by atoms with Crippen molar-refractivity contribution >= 4 is 46.7 Å². The molecule has 2 amide bonds. The van der Waals surface area contributed by atoms with Crippen molar-refractivity contribution in [3.05, 3.63) is 199 Å². The van der Waals surface area contributed by atoms with Gasteiger partial charge < -0.3 is 36.5 Å². The Kier molecular flexibility index (Phi) is 14.7. The summed E-state index contributed by atoms with van der Waals surface area (Å²) in [5.74, 6) is 3.20. The lowest BCUT2D eigenvalue weighted by Crippen LogP contribution is -2.52. The smallest absolute Gasteiger partial charge is 0.408 e. The minimum atomic E-state index is -0.574. The summed E-state index contributed by atoms with van der Waals surface area (Å²) < 4.78 is 15.6. The van der Waals surface area contributed by atoms with Crippen molar-refractivity contribution in [2.75, 3.05) is 16.4 Å². The van der Waals surface area contributed by atoms with Crippen molar-refractivity contribution in [2.24, 2.45) is 0 Å². The molecule has 2 aliphatic carbocycles. The maximum atomic E-state index is 12.8. The van der Waals surface area contributed by atoms with E-state index in [0.29, 0.717) is 12.1 Å². The van der Waals surface area contributed by atoms with E-state index in [1.54, 1.807) is 19.3 Å². The Bertz CT molecular complexity index is 4370. The first-order chi connectivity index (χ1) is 42.8. The van der Waals surface area contributed by atoms with Gasteiger partial charge in [-0.25, -0.2) is 29.5 Å². The third kappa shape index (κ3) is 11.4. The molecule has 16 nitrogen and oxygen atoms in total. The molecular formula is C73H71N11O5. The van der Waals surface area contributed by atoms with Gasteiger partial charge in [0.05, 0.1) is 56.6 Å². The van der Waals surface area contributed by atoms with Crippen molar-refractivity contribution in [3.63, 3.8) is 0 Å². The lowest BCUT2D eigenvalue weighted by atomic mass is 9.71. The summed E-state index contributed by atoms with van der Waals surface area (Å²) in [4.78, 5) is 57.6. The molecule has 6 N–H and O–H groups in total. The van der Waals surface area contributed by atoms with Crippen LogP contribution in [0.3, 0.4) is 0 Å². The molecule has 14 rings (SSSR count). The number of Topliss-reactive ketones (excluding diaryl/α,β-unsaturated/α-hetero) is 1. The lowest BCUT2D eigenvalue weighted by Gasteiger charge is -2.43. The largest absolute Gasteiger partial charge is 0.444 e. The average molecular weight is 1180 g/mol. The monoisotopic (exact) mass is 1180 g/mol. The van der Waals surface area contributed by atoms with Gasteiger partial charge in [-0.2, -0.15) is 0 Å². The second-order valence-corrected chi connectivity index (χ2v) is 25.5. The van der Waals surface area contributed by atoms with Crippen LogP contribution in [0.25, 0.3) is 79.2 Å². The normalized spacial score (nSPS) is 14.6. The third-order valence-electron chi connectivity index (χ3n) is 16.8. The number of imidazole rings is 2. The number of para-hydroxylation sites is 2. The predicted octanol–water partition coefficient (Wildman–Crippen LogP) is 16.2. The first-order valence-electron chi connectivity index (χ1n) is 30.4. The van der Waals surface area contributed by atoms with Crippen molar-refractivity contribution in [3.8, 4) is 79.2 Å². The van der Waals surface area contributed by atoms with Crippen LogP contribution >= 0.6 is 0 Å². The second-order valence-electron chi connectivity index (χ2n) is 25.5. The molecule has 448 valence electrons. The molecule has 0 unspecified atom stereocenters. The molecular weight excluding hydrogens is 1110 g/mol. The summed E-state index contributed by atoms with van der Waals surface area (Å²) in [6.45, 7) is 12.9. The Hall–Kier alpha value is -10.4. The van der Waals surface area contributed by atoms with Gasteiger partial charge in [-0.15, -0.1) is 0 Å². The number of anilines is 5. The van der Waals surface area contributed by atoms with Gasteiger partial charge in [0.1, 0.15) is 28.6 Å². The summed E-state index contributed by atoms with van der Waals surface area (Å²) in [6.07, 6.45) is 8.65. The van der Waals surface area contributed by atoms with E-state index in [1.807, 2.05) is 139 Å². The highest BCUT2D eigenvalue weighted by molar-refractivity contribution is 5.93. The number of alkyl carbamates (subject to hydrolysis) is 2. The number of ether oxygens (including phenoxy) is 2. The van der Waals surface area contributed by atoms with Gasteiger partial charge in [-0.3, -0.25) is 13.9 Å². The quantitative estimate of drug-likeness (QED) is 0.0812. The number of ketones is 1. The number of fused-ring (bicyclic) bond motifs is 10. The van der Waals surface area contributed by atoms with E-state index >= 15 is 0 Å². The molecule has 2 aliphatic heterocycles. The number of nitrogens with zero attached hydrogens (tertiary/aromatic N) is 6. The van der Waals surface area contributed by atoms with E-state index < -0.39 is 34.5 Å². The molecule has 89 heavy (non-hydrogen) atoms. The Morgan fingerprint density at radius 3 is 1.38 bits per heavy atom. The molecule has 2 fully saturated rings. The molecule has 6 heterocycles. The van der Waals surface area contributed by atoms with Crippen LogP contribution in [0.2, 0.25) is 0 Å². The highest BCUT2D eigenvalue weighted by atomic mass is 16.6. The molecule has 10 aromatic rings. The second kappa shape index (κ2) is 22.7. The van der Waals surface area contributed by atoms with Crippen LogP contribution in [0.5, 0.6) is 0 Å². The summed E-state index contributed by atoms with van der Waals surface area (Å²) >= 11 is 0. The number of amides is 2. The van der Waals surface area contributed by atoms with Crippen LogP contribution in [0, 0.1) is 0 Å². The van der Waals surface area contributed by atoms with E-state index in [4.69, 9.17) is 35.1 Å². The number of nitrogens with two attached hydrogens (primary N) is 1. The van der Waals surface area contributed by atoms with Gasteiger partial charge in [0.25, 0.3) is 0 Å². The van der Waals surface area contributed by atoms with Gasteiger partial charge in [-0.05, 0) is 170 Å². The fourth-order valence-corrected chi connectivity index (χ4v) is 12.5. The van der Waals surface area contributed by atoms with Gasteiger partial charge in [0.2, 0.25) is 0 Å². The highest BCUT2D eigenvalue weighted by Gasteiger charge is 2.43. The number of carbonyl (C=O) groups is 3. The number of carbonyl (C=O) groups excluding carboxylic acids is 3. The number of pyridine rings is 2. The van der Waals surface area contributed by atoms with Gasteiger partial charge in [-0.1, -0.05) is 103 Å².